The summed E-state index contributed by atoms with van der Waals surface area (Å²) in [6.07, 6.45) is 5.45. The zero-order valence-electron chi connectivity index (χ0n) is 17.7. The third kappa shape index (κ3) is 3.24. The molecule has 1 aliphatic rings. The SMILES string of the molecule is C=C[C@H]1c2ccccc2N(S(=O)(=O)c2ccc(C)cc2)[C@@H]1c1ccc(-n2cccn2)cc1. The molecule has 1 aliphatic heterocycles. The highest BCUT2D eigenvalue weighted by Crippen LogP contribution is 2.51. The molecule has 2 heterocycles. The van der Waals surface area contributed by atoms with Gasteiger partial charge in [-0.2, -0.15) is 5.10 Å². The standard InChI is InChI=1S/C26H23N3O2S/c1-3-23-24-7-4-5-8-25(24)29(32(30,31)22-15-9-19(2)10-16-22)26(23)20-11-13-21(14-12-20)28-18-6-17-27-28/h3-18,23,26H,1H2,2H3/t23-,26+/m0/s1. The summed E-state index contributed by atoms with van der Waals surface area (Å²) in [7, 11) is -3.79. The number of nitrogens with zero attached hydrogens (tertiary/aromatic N) is 3. The minimum absolute atomic E-state index is 0.165. The van der Waals surface area contributed by atoms with Crippen molar-refractivity contribution in [2.75, 3.05) is 4.31 Å². The maximum atomic E-state index is 13.9. The van der Waals surface area contributed by atoms with Crippen LogP contribution in [0.15, 0.2) is 109 Å². The Morgan fingerprint density at radius 1 is 0.938 bits per heavy atom. The summed E-state index contributed by atoms with van der Waals surface area (Å²) < 4.78 is 31.1. The van der Waals surface area contributed by atoms with E-state index in [1.165, 1.54) is 0 Å². The van der Waals surface area contributed by atoms with E-state index in [-0.39, 0.29) is 10.8 Å². The van der Waals surface area contributed by atoms with E-state index in [4.69, 9.17) is 0 Å². The molecule has 0 aliphatic carbocycles. The first kappa shape index (κ1) is 20.3. The maximum Gasteiger partial charge on any atom is 0.264 e. The molecule has 0 bridgehead atoms. The molecule has 0 fully saturated rings. The van der Waals surface area contributed by atoms with E-state index >= 15 is 0 Å². The number of anilines is 1. The van der Waals surface area contributed by atoms with Crippen LogP contribution in [0.1, 0.15) is 28.7 Å². The highest BCUT2D eigenvalue weighted by molar-refractivity contribution is 7.92. The van der Waals surface area contributed by atoms with Crippen molar-refractivity contribution < 1.29 is 8.42 Å². The Kier molecular flexibility index (Phi) is 4.94. The molecule has 0 amide bonds. The van der Waals surface area contributed by atoms with E-state index < -0.39 is 16.1 Å². The normalized spacial score (nSPS) is 17.8. The van der Waals surface area contributed by atoms with Gasteiger partial charge >= 0.3 is 0 Å². The lowest BCUT2D eigenvalue weighted by atomic mass is 9.90. The van der Waals surface area contributed by atoms with E-state index in [2.05, 4.69) is 11.7 Å². The monoisotopic (exact) mass is 441 g/mol. The highest BCUT2D eigenvalue weighted by atomic mass is 32.2. The van der Waals surface area contributed by atoms with Crippen molar-refractivity contribution in [1.82, 2.24) is 9.78 Å². The Morgan fingerprint density at radius 2 is 1.66 bits per heavy atom. The van der Waals surface area contributed by atoms with Crippen LogP contribution >= 0.6 is 0 Å². The van der Waals surface area contributed by atoms with Crippen molar-refractivity contribution in [2.24, 2.45) is 0 Å². The second-order valence-electron chi connectivity index (χ2n) is 7.92. The van der Waals surface area contributed by atoms with Gasteiger partial charge in [0.2, 0.25) is 0 Å². The molecule has 3 aromatic carbocycles. The number of aromatic nitrogens is 2. The molecular weight excluding hydrogens is 418 g/mol. The molecule has 32 heavy (non-hydrogen) atoms. The number of rotatable bonds is 5. The second kappa shape index (κ2) is 7.80. The third-order valence-corrected chi connectivity index (χ3v) is 7.77. The van der Waals surface area contributed by atoms with Crippen LogP contribution in [0.25, 0.3) is 5.69 Å². The molecule has 0 N–H and O–H groups in total. The molecule has 1 aromatic heterocycles. The van der Waals surface area contributed by atoms with Gasteiger partial charge in [-0.15, -0.1) is 6.58 Å². The van der Waals surface area contributed by atoms with Crippen molar-refractivity contribution in [1.29, 1.82) is 0 Å². The van der Waals surface area contributed by atoms with Crippen molar-refractivity contribution in [2.45, 2.75) is 23.8 Å². The van der Waals surface area contributed by atoms with E-state index in [0.717, 1.165) is 22.4 Å². The molecule has 0 saturated heterocycles. The van der Waals surface area contributed by atoms with Gasteiger partial charge in [0, 0.05) is 18.3 Å². The van der Waals surface area contributed by atoms with Crippen LogP contribution in [-0.2, 0) is 10.0 Å². The molecule has 4 aromatic rings. The van der Waals surface area contributed by atoms with Crippen LogP contribution in [0.2, 0.25) is 0 Å². The topological polar surface area (TPSA) is 55.2 Å². The average Bonchev–Trinajstić information content (AvgIpc) is 3.46. The summed E-state index contributed by atoms with van der Waals surface area (Å²) in [5.74, 6) is -0.165. The molecular formula is C26H23N3O2S. The summed E-state index contributed by atoms with van der Waals surface area (Å²) in [6, 6.07) is 24.0. The van der Waals surface area contributed by atoms with Crippen LogP contribution in [0.3, 0.4) is 0 Å². The van der Waals surface area contributed by atoms with Gasteiger partial charge in [-0.25, -0.2) is 13.1 Å². The Bertz CT molecular complexity index is 1360. The fourth-order valence-corrected chi connectivity index (χ4v) is 6.07. The van der Waals surface area contributed by atoms with E-state index in [1.54, 1.807) is 27.3 Å². The van der Waals surface area contributed by atoms with Gasteiger partial charge in [-0.05, 0) is 54.4 Å². The molecule has 5 rings (SSSR count). The average molecular weight is 442 g/mol. The first-order chi connectivity index (χ1) is 15.5. The Morgan fingerprint density at radius 3 is 2.31 bits per heavy atom. The summed E-state index contributed by atoms with van der Waals surface area (Å²) in [6.45, 7) is 5.98. The molecule has 0 saturated carbocycles. The predicted molar refractivity (Wildman–Crippen MR) is 127 cm³/mol. The van der Waals surface area contributed by atoms with Gasteiger partial charge in [-0.3, -0.25) is 4.31 Å². The minimum Gasteiger partial charge on any atom is -0.258 e. The number of hydrogen-bond donors (Lipinski definition) is 0. The molecule has 0 unspecified atom stereocenters. The molecule has 6 heteroatoms. The van der Waals surface area contributed by atoms with Crippen LogP contribution in [0.5, 0.6) is 0 Å². The fraction of sp³-hybridized carbons (Fsp3) is 0.115. The molecule has 0 spiro atoms. The lowest BCUT2D eigenvalue weighted by Crippen LogP contribution is -2.33. The van der Waals surface area contributed by atoms with Crippen LogP contribution < -0.4 is 4.31 Å². The van der Waals surface area contributed by atoms with Crippen LogP contribution in [0.4, 0.5) is 5.69 Å². The molecule has 5 nitrogen and oxygen atoms in total. The van der Waals surface area contributed by atoms with Gasteiger partial charge in [0.25, 0.3) is 10.0 Å². The summed E-state index contributed by atoms with van der Waals surface area (Å²) >= 11 is 0. The highest BCUT2D eigenvalue weighted by Gasteiger charge is 2.44. The summed E-state index contributed by atoms with van der Waals surface area (Å²) in [5.41, 5.74) is 4.48. The predicted octanol–water partition coefficient (Wildman–Crippen LogP) is 5.40. The van der Waals surface area contributed by atoms with Gasteiger partial charge in [0.05, 0.1) is 22.3 Å². The van der Waals surface area contributed by atoms with Crippen LogP contribution in [0, 0.1) is 6.92 Å². The largest absolute Gasteiger partial charge is 0.264 e. The van der Waals surface area contributed by atoms with E-state index in [9.17, 15) is 8.42 Å². The number of para-hydroxylation sites is 1. The van der Waals surface area contributed by atoms with Crippen molar-refractivity contribution in [3.63, 3.8) is 0 Å². The van der Waals surface area contributed by atoms with Crippen molar-refractivity contribution in [3.05, 3.63) is 121 Å². The lowest BCUT2D eigenvalue weighted by Gasteiger charge is -2.29. The maximum absolute atomic E-state index is 13.9. The molecule has 160 valence electrons. The zero-order chi connectivity index (χ0) is 22.3. The first-order valence-electron chi connectivity index (χ1n) is 10.4. The smallest absolute Gasteiger partial charge is 0.258 e. The Balaban J connectivity index is 1.65. The lowest BCUT2D eigenvalue weighted by molar-refractivity contribution is 0.576. The fourth-order valence-electron chi connectivity index (χ4n) is 4.38. The zero-order valence-corrected chi connectivity index (χ0v) is 18.5. The van der Waals surface area contributed by atoms with Gasteiger partial charge in [0.15, 0.2) is 0 Å². The Hall–Kier alpha value is -3.64. The summed E-state index contributed by atoms with van der Waals surface area (Å²) in [5, 5.41) is 4.27. The molecule has 2 atom stereocenters. The van der Waals surface area contributed by atoms with Crippen molar-refractivity contribution in [3.8, 4) is 5.69 Å². The Labute approximate surface area is 188 Å². The van der Waals surface area contributed by atoms with Gasteiger partial charge in [-0.1, -0.05) is 54.1 Å². The first-order valence-corrected chi connectivity index (χ1v) is 11.9. The second-order valence-corrected chi connectivity index (χ2v) is 9.74. The number of fused-ring (bicyclic) bond motifs is 1. The van der Waals surface area contributed by atoms with Gasteiger partial charge in [0.1, 0.15) is 0 Å². The van der Waals surface area contributed by atoms with E-state index in [1.807, 2.05) is 85.9 Å². The number of sulfonamides is 1. The minimum atomic E-state index is -3.79. The van der Waals surface area contributed by atoms with Gasteiger partial charge < -0.3 is 0 Å². The van der Waals surface area contributed by atoms with Crippen molar-refractivity contribution >= 4 is 15.7 Å². The quantitative estimate of drug-likeness (QED) is 0.390. The molecule has 0 radical (unpaired) electrons. The third-order valence-electron chi connectivity index (χ3n) is 5.96. The summed E-state index contributed by atoms with van der Waals surface area (Å²) in [4.78, 5) is 0.278. The van der Waals surface area contributed by atoms with Crippen LogP contribution in [-0.4, -0.2) is 18.2 Å². The van der Waals surface area contributed by atoms with E-state index in [0.29, 0.717) is 5.69 Å². The number of aryl methyl sites for hydroxylation is 1. The number of benzene rings is 3. The number of hydrogen-bond acceptors (Lipinski definition) is 3.